The van der Waals surface area contributed by atoms with Crippen LogP contribution in [0.2, 0.25) is 0 Å². The molecule has 1 N–H and O–H groups in total. The maximum atomic E-state index is 9.72. The van der Waals surface area contributed by atoms with Crippen molar-refractivity contribution in [2.24, 2.45) is 0 Å². The fourth-order valence-corrected chi connectivity index (χ4v) is 1.98. The highest BCUT2D eigenvalue weighted by atomic mass is 79.9. The van der Waals surface area contributed by atoms with Gasteiger partial charge < -0.3 is 14.6 Å². The average Bonchev–Trinajstić information content (AvgIpc) is 2.45. The average molecular weight is 337 g/mol. The number of phenols is 1. The molecule has 2 aromatic carbocycles. The molecule has 0 aromatic heterocycles. The first-order valence-electron chi connectivity index (χ1n) is 6.58. The van der Waals surface area contributed by atoms with Crippen molar-refractivity contribution in [1.82, 2.24) is 0 Å². The Hall–Kier alpha value is -1.68. The van der Waals surface area contributed by atoms with Crippen molar-refractivity contribution in [3.8, 4) is 23.0 Å². The summed E-state index contributed by atoms with van der Waals surface area (Å²) in [4.78, 5) is 0. The van der Waals surface area contributed by atoms with Crippen LogP contribution in [0.5, 0.6) is 23.0 Å². The third kappa shape index (κ3) is 4.17. The van der Waals surface area contributed by atoms with Crippen LogP contribution in [0.3, 0.4) is 0 Å². The molecule has 0 atom stereocenters. The summed E-state index contributed by atoms with van der Waals surface area (Å²) < 4.78 is 12.1. The van der Waals surface area contributed by atoms with Gasteiger partial charge in [0, 0.05) is 4.47 Å². The fourth-order valence-electron chi connectivity index (χ4n) is 1.63. The second-order valence-corrected chi connectivity index (χ2v) is 5.30. The van der Waals surface area contributed by atoms with Crippen LogP contribution in [0.1, 0.15) is 19.8 Å². The van der Waals surface area contributed by atoms with Gasteiger partial charge in [0.2, 0.25) is 0 Å². The second kappa shape index (κ2) is 7.20. The number of phenolic OH excluding ortho intramolecular Hbond substituents is 1. The van der Waals surface area contributed by atoms with Crippen LogP contribution in [0.15, 0.2) is 46.9 Å². The Morgan fingerprint density at radius 3 is 2.45 bits per heavy atom. The minimum Gasteiger partial charge on any atom is -0.504 e. The SMILES string of the molecule is CCCCOc1ccc(Oc2cc(Br)ccc2O)cc1. The number of halogens is 1. The molecule has 0 heterocycles. The quantitative estimate of drug-likeness (QED) is 0.743. The van der Waals surface area contributed by atoms with Crippen molar-refractivity contribution in [2.75, 3.05) is 6.61 Å². The maximum absolute atomic E-state index is 9.72. The molecule has 0 spiro atoms. The Kier molecular flexibility index (Phi) is 5.30. The summed E-state index contributed by atoms with van der Waals surface area (Å²) in [5.41, 5.74) is 0. The molecule has 0 saturated heterocycles. The molecule has 0 saturated carbocycles. The first-order valence-corrected chi connectivity index (χ1v) is 7.37. The zero-order valence-electron chi connectivity index (χ0n) is 11.3. The summed E-state index contributed by atoms with van der Waals surface area (Å²) in [7, 11) is 0. The Labute approximate surface area is 127 Å². The molecule has 0 aliphatic rings. The van der Waals surface area contributed by atoms with E-state index in [4.69, 9.17) is 9.47 Å². The molecule has 0 unspecified atom stereocenters. The molecule has 0 aliphatic carbocycles. The Bertz CT molecular complexity index is 552. The van der Waals surface area contributed by atoms with Gasteiger partial charge in [0.1, 0.15) is 11.5 Å². The predicted octanol–water partition coefficient (Wildman–Crippen LogP) is 5.13. The second-order valence-electron chi connectivity index (χ2n) is 4.39. The fraction of sp³-hybridized carbons (Fsp3) is 0.250. The standard InChI is InChI=1S/C16H17BrO3/c1-2-3-10-19-13-5-7-14(8-6-13)20-16-11-12(17)4-9-15(16)18/h4-9,11,18H,2-3,10H2,1H3. The highest BCUT2D eigenvalue weighted by Gasteiger charge is 2.05. The van der Waals surface area contributed by atoms with Gasteiger partial charge in [0.15, 0.2) is 11.5 Å². The first-order chi connectivity index (χ1) is 9.69. The molecule has 106 valence electrons. The van der Waals surface area contributed by atoms with Crippen molar-refractivity contribution in [2.45, 2.75) is 19.8 Å². The topological polar surface area (TPSA) is 38.7 Å². The number of unbranched alkanes of at least 4 members (excludes halogenated alkanes) is 1. The van der Waals surface area contributed by atoms with E-state index in [0.29, 0.717) is 11.5 Å². The molecule has 20 heavy (non-hydrogen) atoms. The van der Waals surface area contributed by atoms with Gasteiger partial charge >= 0.3 is 0 Å². The highest BCUT2D eigenvalue weighted by molar-refractivity contribution is 9.10. The van der Waals surface area contributed by atoms with Crippen LogP contribution in [0.25, 0.3) is 0 Å². The summed E-state index contributed by atoms with van der Waals surface area (Å²) in [5.74, 6) is 2.00. The molecule has 0 bridgehead atoms. The number of ether oxygens (including phenoxy) is 2. The predicted molar refractivity (Wildman–Crippen MR) is 82.7 cm³/mol. The summed E-state index contributed by atoms with van der Waals surface area (Å²) in [5, 5.41) is 9.72. The van der Waals surface area contributed by atoms with E-state index in [1.54, 1.807) is 18.2 Å². The van der Waals surface area contributed by atoms with Crippen LogP contribution >= 0.6 is 15.9 Å². The lowest BCUT2D eigenvalue weighted by Gasteiger charge is -2.09. The number of aromatic hydroxyl groups is 1. The van der Waals surface area contributed by atoms with Gasteiger partial charge in [-0.15, -0.1) is 0 Å². The third-order valence-corrected chi connectivity index (χ3v) is 3.23. The smallest absolute Gasteiger partial charge is 0.170 e. The van der Waals surface area contributed by atoms with E-state index >= 15 is 0 Å². The molecule has 2 rings (SSSR count). The normalized spacial score (nSPS) is 10.3. The zero-order valence-corrected chi connectivity index (χ0v) is 12.9. The zero-order chi connectivity index (χ0) is 14.4. The molecular weight excluding hydrogens is 320 g/mol. The van der Waals surface area contributed by atoms with E-state index in [9.17, 15) is 5.11 Å². The molecule has 0 amide bonds. The minimum absolute atomic E-state index is 0.108. The van der Waals surface area contributed by atoms with Crippen LogP contribution in [-0.4, -0.2) is 11.7 Å². The summed E-state index contributed by atoms with van der Waals surface area (Å²) in [6, 6.07) is 12.4. The molecule has 2 aromatic rings. The molecular formula is C16H17BrO3. The molecule has 0 fully saturated rings. The number of benzene rings is 2. The van der Waals surface area contributed by atoms with Crippen molar-refractivity contribution < 1.29 is 14.6 Å². The van der Waals surface area contributed by atoms with Gasteiger partial charge in [0.25, 0.3) is 0 Å². The number of rotatable bonds is 6. The Morgan fingerprint density at radius 1 is 1.05 bits per heavy atom. The van der Waals surface area contributed by atoms with Gasteiger partial charge in [-0.2, -0.15) is 0 Å². The number of hydrogen-bond donors (Lipinski definition) is 1. The largest absolute Gasteiger partial charge is 0.504 e. The van der Waals surface area contributed by atoms with Crippen molar-refractivity contribution in [3.05, 3.63) is 46.9 Å². The Morgan fingerprint density at radius 2 is 1.75 bits per heavy atom. The summed E-state index contributed by atoms with van der Waals surface area (Å²) in [6.07, 6.45) is 2.16. The lowest BCUT2D eigenvalue weighted by molar-refractivity contribution is 0.309. The molecule has 3 nitrogen and oxygen atoms in total. The minimum atomic E-state index is 0.108. The maximum Gasteiger partial charge on any atom is 0.170 e. The van der Waals surface area contributed by atoms with Crippen molar-refractivity contribution in [1.29, 1.82) is 0 Å². The summed E-state index contributed by atoms with van der Waals surface area (Å²) in [6.45, 7) is 2.86. The van der Waals surface area contributed by atoms with Crippen LogP contribution in [0.4, 0.5) is 0 Å². The van der Waals surface area contributed by atoms with E-state index < -0.39 is 0 Å². The van der Waals surface area contributed by atoms with E-state index in [0.717, 1.165) is 29.7 Å². The molecule has 0 aliphatic heterocycles. The van der Waals surface area contributed by atoms with Crippen LogP contribution < -0.4 is 9.47 Å². The molecule has 4 heteroatoms. The van der Waals surface area contributed by atoms with E-state index in [1.807, 2.05) is 24.3 Å². The van der Waals surface area contributed by atoms with Gasteiger partial charge in [-0.1, -0.05) is 29.3 Å². The monoisotopic (exact) mass is 336 g/mol. The first kappa shape index (κ1) is 14.7. The van der Waals surface area contributed by atoms with Crippen molar-refractivity contribution >= 4 is 15.9 Å². The van der Waals surface area contributed by atoms with Crippen LogP contribution in [-0.2, 0) is 0 Å². The third-order valence-electron chi connectivity index (χ3n) is 2.74. The van der Waals surface area contributed by atoms with Gasteiger partial charge in [-0.3, -0.25) is 0 Å². The lowest BCUT2D eigenvalue weighted by Crippen LogP contribution is -1.96. The highest BCUT2D eigenvalue weighted by Crippen LogP contribution is 2.33. The van der Waals surface area contributed by atoms with E-state index in [2.05, 4.69) is 22.9 Å². The number of hydrogen-bond acceptors (Lipinski definition) is 3. The lowest BCUT2D eigenvalue weighted by atomic mass is 10.3. The van der Waals surface area contributed by atoms with Gasteiger partial charge in [0.05, 0.1) is 6.61 Å². The van der Waals surface area contributed by atoms with Crippen LogP contribution in [0, 0.1) is 0 Å². The van der Waals surface area contributed by atoms with Gasteiger partial charge in [-0.25, -0.2) is 0 Å². The van der Waals surface area contributed by atoms with E-state index in [-0.39, 0.29) is 5.75 Å². The molecule has 0 radical (unpaired) electrons. The Balaban J connectivity index is 2.01. The van der Waals surface area contributed by atoms with Gasteiger partial charge in [-0.05, 0) is 48.9 Å². The van der Waals surface area contributed by atoms with Crippen molar-refractivity contribution in [3.63, 3.8) is 0 Å². The van der Waals surface area contributed by atoms with E-state index in [1.165, 1.54) is 0 Å². The summed E-state index contributed by atoms with van der Waals surface area (Å²) >= 11 is 3.35.